The zero-order chi connectivity index (χ0) is 26.8. The maximum Gasteiger partial charge on any atom is 0.333 e. The standard InChI is InChI=1S/C30H27N3O4S/c1-19-10-14-21(15-11-19)33-26(20-12-16-22(38-2)17-13-20)25(27(34)31-30(33)37)9-5-6-18-32-28(35)23-7-3-4-8-24(23)29(32)36/h3-4,7-8,10-17H,5-6,9,18H2,1-2H3,(H,31,34,37). The minimum atomic E-state index is -0.502. The van der Waals surface area contributed by atoms with E-state index in [4.69, 9.17) is 0 Å². The van der Waals surface area contributed by atoms with Crippen LogP contribution in [0.15, 0.2) is 87.3 Å². The average Bonchev–Trinajstić information content (AvgIpc) is 3.17. The van der Waals surface area contributed by atoms with Gasteiger partial charge in [0.15, 0.2) is 0 Å². The summed E-state index contributed by atoms with van der Waals surface area (Å²) in [6, 6.07) is 22.2. The lowest BCUT2D eigenvalue weighted by molar-refractivity contribution is 0.0651. The molecule has 3 aromatic carbocycles. The van der Waals surface area contributed by atoms with E-state index in [0.29, 0.717) is 47.3 Å². The Morgan fingerprint density at radius 2 is 1.42 bits per heavy atom. The largest absolute Gasteiger partial charge is 0.333 e. The van der Waals surface area contributed by atoms with E-state index in [1.165, 1.54) is 4.90 Å². The molecule has 0 unspecified atom stereocenters. The van der Waals surface area contributed by atoms with Gasteiger partial charge in [0.05, 0.1) is 22.5 Å². The lowest BCUT2D eigenvalue weighted by Crippen LogP contribution is -2.33. The predicted molar refractivity (Wildman–Crippen MR) is 149 cm³/mol. The van der Waals surface area contributed by atoms with Crippen LogP contribution in [0.25, 0.3) is 16.9 Å². The highest BCUT2D eigenvalue weighted by molar-refractivity contribution is 7.98. The summed E-state index contributed by atoms with van der Waals surface area (Å²) in [5.74, 6) is -0.572. The van der Waals surface area contributed by atoms with Gasteiger partial charge in [0.1, 0.15) is 0 Å². The molecule has 1 N–H and O–H groups in total. The fraction of sp³-hybridized carbons (Fsp3) is 0.200. The van der Waals surface area contributed by atoms with Crippen LogP contribution >= 0.6 is 11.8 Å². The van der Waals surface area contributed by atoms with E-state index >= 15 is 0 Å². The second kappa shape index (κ2) is 10.7. The maximum atomic E-state index is 13.1. The summed E-state index contributed by atoms with van der Waals surface area (Å²) in [6.07, 6.45) is 3.45. The molecule has 192 valence electrons. The average molecular weight is 526 g/mol. The van der Waals surface area contributed by atoms with Gasteiger partial charge in [-0.2, -0.15) is 0 Å². The van der Waals surface area contributed by atoms with Gasteiger partial charge in [-0.1, -0.05) is 42.0 Å². The van der Waals surface area contributed by atoms with E-state index in [-0.39, 0.29) is 18.4 Å². The molecule has 0 fully saturated rings. The second-order valence-corrected chi connectivity index (χ2v) is 10.1. The minimum absolute atomic E-state index is 0.263. The molecule has 1 aliphatic heterocycles. The molecule has 5 rings (SSSR count). The Labute approximate surface area is 224 Å². The minimum Gasteiger partial charge on any atom is -0.274 e. The Morgan fingerprint density at radius 3 is 2.03 bits per heavy atom. The molecule has 8 heteroatoms. The lowest BCUT2D eigenvalue weighted by atomic mass is 10.0. The normalized spacial score (nSPS) is 12.7. The van der Waals surface area contributed by atoms with Gasteiger partial charge in [0.2, 0.25) is 0 Å². The summed E-state index contributed by atoms with van der Waals surface area (Å²) in [7, 11) is 0. The molecule has 38 heavy (non-hydrogen) atoms. The number of thioether (sulfide) groups is 1. The van der Waals surface area contributed by atoms with Gasteiger partial charge >= 0.3 is 5.69 Å². The van der Waals surface area contributed by atoms with E-state index in [1.54, 1.807) is 40.6 Å². The molecule has 0 atom stereocenters. The van der Waals surface area contributed by atoms with Crippen molar-refractivity contribution in [1.82, 2.24) is 14.5 Å². The quantitative estimate of drug-likeness (QED) is 0.202. The molecular formula is C30H27N3O4S. The molecule has 0 radical (unpaired) electrons. The van der Waals surface area contributed by atoms with Gasteiger partial charge in [0, 0.05) is 17.0 Å². The SMILES string of the molecule is CSc1ccc(-c2c(CCCCN3C(=O)c4ccccc4C3=O)c(=O)[nH]c(=O)n2-c2ccc(C)cc2)cc1. The molecule has 2 heterocycles. The number of nitrogens with zero attached hydrogens (tertiary/aromatic N) is 2. The third kappa shape index (κ3) is 4.75. The van der Waals surface area contributed by atoms with E-state index in [9.17, 15) is 19.2 Å². The third-order valence-electron chi connectivity index (χ3n) is 6.80. The van der Waals surface area contributed by atoms with E-state index in [1.807, 2.05) is 61.7 Å². The summed E-state index contributed by atoms with van der Waals surface area (Å²) in [5.41, 5.74) is 3.45. The molecule has 1 aliphatic rings. The van der Waals surface area contributed by atoms with Gasteiger partial charge in [-0.3, -0.25) is 28.8 Å². The Hall–Kier alpha value is -4.17. The van der Waals surface area contributed by atoms with Crippen molar-refractivity contribution in [3.05, 3.63) is 116 Å². The lowest BCUT2D eigenvalue weighted by Gasteiger charge is -2.18. The first-order valence-corrected chi connectivity index (χ1v) is 13.7. The van der Waals surface area contributed by atoms with Crippen LogP contribution in [0, 0.1) is 6.92 Å². The molecule has 0 saturated carbocycles. The molecule has 0 bridgehead atoms. The number of carbonyl (C=O) groups is 2. The first kappa shape index (κ1) is 25.5. The topological polar surface area (TPSA) is 92.2 Å². The Balaban J connectivity index is 1.46. The van der Waals surface area contributed by atoms with E-state index in [2.05, 4.69) is 4.98 Å². The predicted octanol–water partition coefficient (Wildman–Crippen LogP) is 4.84. The van der Waals surface area contributed by atoms with Crippen molar-refractivity contribution < 1.29 is 9.59 Å². The van der Waals surface area contributed by atoms with Crippen LogP contribution in [0.2, 0.25) is 0 Å². The third-order valence-corrected chi connectivity index (χ3v) is 7.54. The Bertz CT molecular complexity index is 1600. The number of fused-ring (bicyclic) bond motifs is 1. The number of amides is 2. The van der Waals surface area contributed by atoms with E-state index in [0.717, 1.165) is 16.0 Å². The first-order chi connectivity index (χ1) is 18.4. The zero-order valence-electron chi connectivity index (χ0n) is 21.2. The molecule has 7 nitrogen and oxygen atoms in total. The van der Waals surface area contributed by atoms with Crippen LogP contribution in [0.3, 0.4) is 0 Å². The highest BCUT2D eigenvalue weighted by atomic mass is 32.2. The molecule has 4 aromatic rings. The van der Waals surface area contributed by atoms with Crippen LogP contribution in [-0.2, 0) is 6.42 Å². The maximum absolute atomic E-state index is 13.1. The summed E-state index contributed by atoms with van der Waals surface area (Å²) < 4.78 is 1.55. The Morgan fingerprint density at radius 1 is 0.789 bits per heavy atom. The van der Waals surface area contributed by atoms with Gasteiger partial charge in [0.25, 0.3) is 17.4 Å². The number of aryl methyl sites for hydroxylation is 1. The molecule has 1 aromatic heterocycles. The van der Waals surface area contributed by atoms with Gasteiger partial charge in [-0.05, 0) is 74.4 Å². The fourth-order valence-electron chi connectivity index (χ4n) is 4.81. The number of carbonyl (C=O) groups excluding carboxylic acids is 2. The fourth-order valence-corrected chi connectivity index (χ4v) is 5.22. The van der Waals surface area contributed by atoms with Gasteiger partial charge in [-0.15, -0.1) is 11.8 Å². The number of aromatic amines is 1. The summed E-state index contributed by atoms with van der Waals surface area (Å²) in [4.78, 5) is 56.4. The van der Waals surface area contributed by atoms with Crippen LogP contribution in [-0.4, -0.2) is 39.1 Å². The van der Waals surface area contributed by atoms with Crippen molar-refractivity contribution >= 4 is 23.6 Å². The number of aromatic nitrogens is 2. The highest BCUT2D eigenvalue weighted by Crippen LogP contribution is 2.28. The number of imide groups is 1. The monoisotopic (exact) mass is 525 g/mol. The van der Waals surface area contributed by atoms with Crippen LogP contribution < -0.4 is 11.2 Å². The highest BCUT2D eigenvalue weighted by Gasteiger charge is 2.34. The molecule has 0 aliphatic carbocycles. The number of hydrogen-bond acceptors (Lipinski definition) is 5. The van der Waals surface area contributed by atoms with E-state index < -0.39 is 11.2 Å². The van der Waals surface area contributed by atoms with Crippen LogP contribution in [0.1, 0.15) is 44.7 Å². The van der Waals surface area contributed by atoms with Crippen LogP contribution in [0.4, 0.5) is 0 Å². The Kier molecular flexibility index (Phi) is 7.15. The number of hydrogen-bond donors (Lipinski definition) is 1. The number of rotatable bonds is 8. The summed E-state index contributed by atoms with van der Waals surface area (Å²) >= 11 is 1.61. The zero-order valence-corrected chi connectivity index (χ0v) is 22.0. The van der Waals surface area contributed by atoms with Crippen molar-refractivity contribution in [1.29, 1.82) is 0 Å². The summed E-state index contributed by atoms with van der Waals surface area (Å²) in [5, 5.41) is 0. The molecule has 2 amide bonds. The van der Waals surface area contributed by atoms with Gasteiger partial charge in [-0.25, -0.2) is 4.79 Å². The van der Waals surface area contributed by atoms with Crippen molar-refractivity contribution in [2.45, 2.75) is 31.1 Å². The smallest absolute Gasteiger partial charge is 0.274 e. The summed E-state index contributed by atoms with van der Waals surface area (Å²) in [6.45, 7) is 2.24. The second-order valence-electron chi connectivity index (χ2n) is 9.25. The molecule has 0 saturated heterocycles. The molecular weight excluding hydrogens is 498 g/mol. The number of H-pyrrole nitrogens is 1. The number of benzene rings is 3. The van der Waals surface area contributed by atoms with Crippen molar-refractivity contribution in [2.24, 2.45) is 0 Å². The number of nitrogens with one attached hydrogen (secondary N) is 1. The molecule has 0 spiro atoms. The van der Waals surface area contributed by atoms with Crippen molar-refractivity contribution in [3.8, 4) is 16.9 Å². The number of unbranched alkanes of at least 4 members (excludes halogenated alkanes) is 1. The van der Waals surface area contributed by atoms with Crippen molar-refractivity contribution in [2.75, 3.05) is 12.8 Å². The van der Waals surface area contributed by atoms with Gasteiger partial charge < -0.3 is 0 Å². The van der Waals surface area contributed by atoms with Crippen molar-refractivity contribution in [3.63, 3.8) is 0 Å². The first-order valence-electron chi connectivity index (χ1n) is 12.4. The van der Waals surface area contributed by atoms with Crippen LogP contribution in [0.5, 0.6) is 0 Å².